The molecule has 0 spiro atoms. The standard InChI is InChI=1S/C36H44N3O4.BrH/c1-6-24-37-28-17-11-9-15-26(28)35(2,3)30(37)19-14-20-31-36(4,5)27-16-10-12-18-29(27)38(31)25-13-7-8-21-34(42)43-39-32(40)22-23-33(39)41;/h9-12,14-20H,6-8,13,21-25H2,1-5H3;1H/q+1;/p-1. The number of amides is 2. The number of carbonyl (C=O) groups is 3. The van der Waals surface area contributed by atoms with E-state index < -0.39 is 17.8 Å². The number of fused-ring (bicyclic) bond motifs is 2. The van der Waals surface area contributed by atoms with Crippen LogP contribution in [0.5, 0.6) is 0 Å². The molecule has 3 aliphatic rings. The molecule has 2 aromatic carbocycles. The fourth-order valence-corrected chi connectivity index (χ4v) is 6.74. The van der Waals surface area contributed by atoms with Gasteiger partial charge in [-0.2, -0.15) is 4.58 Å². The van der Waals surface area contributed by atoms with Gasteiger partial charge >= 0.3 is 5.97 Å². The van der Waals surface area contributed by atoms with Gasteiger partial charge in [-0.05, 0) is 44.4 Å². The van der Waals surface area contributed by atoms with Crippen LogP contribution in [0.2, 0.25) is 0 Å². The first kappa shape index (κ1) is 33.4. The van der Waals surface area contributed by atoms with Gasteiger partial charge < -0.3 is 26.7 Å². The van der Waals surface area contributed by atoms with Gasteiger partial charge in [0.25, 0.3) is 11.8 Å². The van der Waals surface area contributed by atoms with Gasteiger partial charge in [0.15, 0.2) is 5.71 Å². The molecule has 0 atom stereocenters. The van der Waals surface area contributed by atoms with Gasteiger partial charge in [0.05, 0.1) is 5.41 Å². The molecule has 3 aliphatic heterocycles. The van der Waals surface area contributed by atoms with Crippen molar-refractivity contribution in [2.75, 3.05) is 18.0 Å². The molecule has 234 valence electrons. The second-order valence-electron chi connectivity index (χ2n) is 12.7. The Morgan fingerprint density at radius 3 is 2.27 bits per heavy atom. The molecule has 44 heavy (non-hydrogen) atoms. The predicted molar refractivity (Wildman–Crippen MR) is 169 cm³/mol. The number of anilines is 1. The van der Waals surface area contributed by atoms with Gasteiger partial charge in [-0.15, -0.1) is 5.06 Å². The summed E-state index contributed by atoms with van der Waals surface area (Å²) in [4.78, 5) is 43.1. The van der Waals surface area contributed by atoms with Crippen LogP contribution in [0.4, 0.5) is 11.4 Å². The summed E-state index contributed by atoms with van der Waals surface area (Å²) in [6.07, 6.45) is 10.6. The minimum absolute atomic E-state index is 0. The van der Waals surface area contributed by atoms with Crippen molar-refractivity contribution in [3.8, 4) is 0 Å². The Morgan fingerprint density at radius 2 is 1.57 bits per heavy atom. The molecule has 2 amide bonds. The zero-order chi connectivity index (χ0) is 30.8. The van der Waals surface area contributed by atoms with Crippen LogP contribution in [0, 0.1) is 0 Å². The summed E-state index contributed by atoms with van der Waals surface area (Å²) in [6.45, 7) is 13.2. The summed E-state index contributed by atoms with van der Waals surface area (Å²) >= 11 is 0. The zero-order valence-corrected chi connectivity index (χ0v) is 28.2. The zero-order valence-electron chi connectivity index (χ0n) is 26.6. The number of imide groups is 1. The van der Waals surface area contributed by atoms with Crippen LogP contribution in [-0.4, -0.2) is 46.2 Å². The highest BCUT2D eigenvalue weighted by Crippen LogP contribution is 2.48. The number of carbonyl (C=O) groups excluding carboxylic acids is 3. The average Bonchev–Trinajstić information content (AvgIpc) is 3.49. The third-order valence-corrected chi connectivity index (χ3v) is 9.02. The van der Waals surface area contributed by atoms with Gasteiger partial charge in [-0.25, -0.2) is 4.79 Å². The molecule has 0 radical (unpaired) electrons. The second-order valence-corrected chi connectivity index (χ2v) is 12.7. The smallest absolute Gasteiger partial charge is 0.333 e. The molecule has 0 N–H and O–H groups in total. The molecule has 3 heterocycles. The first-order valence-corrected chi connectivity index (χ1v) is 15.6. The van der Waals surface area contributed by atoms with E-state index >= 15 is 0 Å². The summed E-state index contributed by atoms with van der Waals surface area (Å²) in [5.74, 6) is -1.42. The molecule has 2 aromatic rings. The Kier molecular flexibility index (Phi) is 10.3. The monoisotopic (exact) mass is 661 g/mol. The average molecular weight is 663 g/mol. The van der Waals surface area contributed by atoms with Crippen LogP contribution in [-0.2, 0) is 30.1 Å². The lowest BCUT2D eigenvalue weighted by atomic mass is 9.81. The molecule has 0 bridgehead atoms. The lowest BCUT2D eigenvalue weighted by molar-refractivity contribution is -0.437. The number of nitrogens with zero attached hydrogens (tertiary/aromatic N) is 3. The molecule has 0 aliphatic carbocycles. The Bertz CT molecular complexity index is 1500. The number of allylic oxidation sites excluding steroid dienone is 4. The topological polar surface area (TPSA) is 69.9 Å². The summed E-state index contributed by atoms with van der Waals surface area (Å²) in [5, 5.41) is 0.626. The van der Waals surface area contributed by atoms with Crippen LogP contribution in [0.3, 0.4) is 0 Å². The number of hydrogen-bond donors (Lipinski definition) is 0. The molecule has 1 saturated heterocycles. The van der Waals surface area contributed by atoms with Crippen molar-refractivity contribution in [3.63, 3.8) is 0 Å². The number of rotatable bonds is 11. The molecule has 0 saturated carbocycles. The number of benzene rings is 2. The van der Waals surface area contributed by atoms with Gasteiger partial charge in [-0.3, -0.25) is 9.59 Å². The molecule has 0 unspecified atom stereocenters. The number of halogens is 1. The highest BCUT2D eigenvalue weighted by atomic mass is 79.9. The Labute approximate surface area is 272 Å². The maximum atomic E-state index is 12.2. The Hall–Kier alpha value is -3.52. The largest absolute Gasteiger partial charge is 1.00 e. The maximum absolute atomic E-state index is 12.2. The first-order chi connectivity index (χ1) is 20.6. The van der Waals surface area contributed by atoms with Gasteiger partial charge in [0.2, 0.25) is 5.69 Å². The van der Waals surface area contributed by atoms with E-state index in [1.807, 2.05) is 0 Å². The molecule has 0 aromatic heterocycles. The number of para-hydroxylation sites is 2. The molecule has 7 nitrogen and oxygen atoms in total. The number of unbranched alkanes of at least 4 members (excludes halogenated alkanes) is 2. The Balaban J connectivity index is 0.00000442. The van der Waals surface area contributed by atoms with E-state index in [0.29, 0.717) is 11.5 Å². The minimum atomic E-state index is -0.534. The van der Waals surface area contributed by atoms with Crippen molar-refractivity contribution < 1.29 is 40.8 Å². The maximum Gasteiger partial charge on any atom is 0.333 e. The normalized spacial score (nSPS) is 19.2. The third-order valence-electron chi connectivity index (χ3n) is 9.02. The summed E-state index contributed by atoms with van der Waals surface area (Å²) in [6, 6.07) is 17.4. The van der Waals surface area contributed by atoms with Crippen LogP contribution < -0.4 is 21.9 Å². The van der Waals surface area contributed by atoms with Crippen molar-refractivity contribution >= 4 is 34.9 Å². The predicted octanol–water partition coefficient (Wildman–Crippen LogP) is 3.88. The van der Waals surface area contributed by atoms with Crippen LogP contribution in [0.25, 0.3) is 0 Å². The van der Waals surface area contributed by atoms with Crippen molar-refractivity contribution in [1.29, 1.82) is 0 Å². The number of hydroxylamine groups is 2. The van der Waals surface area contributed by atoms with Gasteiger partial charge in [0, 0.05) is 66.7 Å². The lowest BCUT2D eigenvalue weighted by Crippen LogP contribution is -3.00. The highest BCUT2D eigenvalue weighted by Gasteiger charge is 2.44. The molecular weight excluding hydrogens is 618 g/mol. The fourth-order valence-electron chi connectivity index (χ4n) is 6.74. The molecule has 8 heteroatoms. The lowest BCUT2D eigenvalue weighted by Gasteiger charge is -2.27. The van der Waals surface area contributed by atoms with Crippen molar-refractivity contribution in [3.05, 3.63) is 83.6 Å². The highest BCUT2D eigenvalue weighted by molar-refractivity contribution is 6.03. The molecular formula is C36H44BrN3O4. The van der Waals surface area contributed by atoms with E-state index in [1.165, 1.54) is 33.9 Å². The summed E-state index contributed by atoms with van der Waals surface area (Å²) in [7, 11) is 0. The number of hydrogen-bond acceptors (Lipinski definition) is 5. The van der Waals surface area contributed by atoms with E-state index in [4.69, 9.17) is 4.84 Å². The second kappa shape index (κ2) is 13.6. The molecule has 1 fully saturated rings. The van der Waals surface area contributed by atoms with E-state index in [0.717, 1.165) is 32.4 Å². The third kappa shape index (κ3) is 6.32. The Morgan fingerprint density at radius 1 is 0.909 bits per heavy atom. The van der Waals surface area contributed by atoms with E-state index in [2.05, 4.69) is 111 Å². The van der Waals surface area contributed by atoms with E-state index in [9.17, 15) is 14.4 Å². The SMILES string of the molecule is CCC[N+]1=C(/C=C/C=C2/N(CCCCCC(=O)ON3C(=O)CCC3=O)c3ccccc3C2(C)C)C(C)(C)c2ccccc21.[Br-]. The van der Waals surface area contributed by atoms with Crippen molar-refractivity contribution in [2.45, 2.75) is 90.4 Å². The molecule has 5 rings (SSSR count). The van der Waals surface area contributed by atoms with Crippen molar-refractivity contribution in [2.24, 2.45) is 0 Å². The quantitative estimate of drug-likeness (QED) is 0.208. The van der Waals surface area contributed by atoms with Crippen LogP contribution in [0.15, 0.2) is 72.5 Å². The van der Waals surface area contributed by atoms with Gasteiger partial charge in [-0.1, -0.05) is 69.7 Å². The fraction of sp³-hybridized carbons (Fsp3) is 0.444. The summed E-state index contributed by atoms with van der Waals surface area (Å²) < 4.78 is 2.47. The summed E-state index contributed by atoms with van der Waals surface area (Å²) in [5.41, 5.74) is 7.56. The van der Waals surface area contributed by atoms with Gasteiger partial charge in [0.1, 0.15) is 6.54 Å². The van der Waals surface area contributed by atoms with Crippen LogP contribution >= 0.6 is 0 Å². The first-order valence-electron chi connectivity index (χ1n) is 15.6. The van der Waals surface area contributed by atoms with E-state index in [-0.39, 0.29) is 47.1 Å². The van der Waals surface area contributed by atoms with Crippen molar-refractivity contribution in [1.82, 2.24) is 5.06 Å². The minimum Gasteiger partial charge on any atom is -1.00 e. The van der Waals surface area contributed by atoms with Crippen LogP contribution in [0.1, 0.15) is 90.7 Å². The van der Waals surface area contributed by atoms with E-state index in [1.54, 1.807) is 0 Å².